The van der Waals surface area contributed by atoms with Crippen LogP contribution in [-0.4, -0.2) is 23.2 Å². The molecule has 0 amide bonds. The largest absolute Gasteiger partial charge is 0.377 e. The minimum atomic E-state index is -0.457. The highest BCUT2D eigenvalue weighted by Gasteiger charge is 2.32. The van der Waals surface area contributed by atoms with Crippen LogP contribution >= 0.6 is 0 Å². The lowest BCUT2D eigenvalue weighted by molar-refractivity contribution is -0.384. The van der Waals surface area contributed by atoms with Crippen LogP contribution in [-0.2, 0) is 4.74 Å². The number of nitriles is 1. The predicted octanol–water partition coefficient (Wildman–Crippen LogP) is 3.23. The van der Waals surface area contributed by atoms with Crippen molar-refractivity contribution >= 4 is 11.4 Å². The average molecular weight is 289 g/mol. The number of nitrogens with zero attached hydrogens (tertiary/aromatic N) is 2. The van der Waals surface area contributed by atoms with E-state index in [0.29, 0.717) is 12.3 Å². The van der Waals surface area contributed by atoms with Crippen molar-refractivity contribution in [2.24, 2.45) is 0 Å². The first kappa shape index (κ1) is 15.3. The highest BCUT2D eigenvalue weighted by Crippen LogP contribution is 2.32. The number of nitro benzene ring substituents is 1. The van der Waals surface area contributed by atoms with Crippen molar-refractivity contribution in [3.8, 4) is 6.07 Å². The van der Waals surface area contributed by atoms with Crippen LogP contribution in [0.4, 0.5) is 11.4 Å². The zero-order valence-electron chi connectivity index (χ0n) is 12.3. The average Bonchev–Trinajstić information content (AvgIpc) is 2.47. The second-order valence-corrected chi connectivity index (χ2v) is 5.59. The van der Waals surface area contributed by atoms with Crippen LogP contribution in [0.3, 0.4) is 0 Å². The summed E-state index contributed by atoms with van der Waals surface area (Å²) in [5.41, 5.74) is 0.512. The van der Waals surface area contributed by atoms with Crippen molar-refractivity contribution < 1.29 is 9.66 Å². The Bertz CT molecular complexity index is 582. The molecule has 0 spiro atoms. The standard InChI is InChI=1S/C15H19N3O3/c1-3-15(2)9-12(6-7-21-15)17-13-5-4-11(10-16)8-14(13)18(19)20/h4-5,8,12,17H,3,6-7,9H2,1-2H3. The second kappa shape index (κ2) is 6.10. The van der Waals surface area contributed by atoms with Crippen molar-refractivity contribution in [1.82, 2.24) is 0 Å². The van der Waals surface area contributed by atoms with E-state index in [0.717, 1.165) is 19.3 Å². The van der Waals surface area contributed by atoms with Crippen molar-refractivity contribution in [2.75, 3.05) is 11.9 Å². The minimum Gasteiger partial charge on any atom is -0.377 e. The molecular formula is C15H19N3O3. The number of anilines is 1. The molecule has 21 heavy (non-hydrogen) atoms. The van der Waals surface area contributed by atoms with Crippen LogP contribution in [0.5, 0.6) is 0 Å². The summed E-state index contributed by atoms with van der Waals surface area (Å²) in [6.45, 7) is 4.78. The van der Waals surface area contributed by atoms with E-state index in [2.05, 4.69) is 19.2 Å². The number of benzene rings is 1. The molecular weight excluding hydrogens is 270 g/mol. The van der Waals surface area contributed by atoms with Gasteiger partial charge in [-0.15, -0.1) is 0 Å². The van der Waals surface area contributed by atoms with Gasteiger partial charge in [-0.05, 0) is 38.3 Å². The highest BCUT2D eigenvalue weighted by atomic mass is 16.6. The maximum Gasteiger partial charge on any atom is 0.293 e. The van der Waals surface area contributed by atoms with Crippen LogP contribution < -0.4 is 5.32 Å². The Labute approximate surface area is 123 Å². The molecule has 2 atom stereocenters. The lowest BCUT2D eigenvalue weighted by Crippen LogP contribution is -2.41. The molecule has 6 nitrogen and oxygen atoms in total. The van der Waals surface area contributed by atoms with Gasteiger partial charge in [0.15, 0.2) is 0 Å². The zero-order valence-corrected chi connectivity index (χ0v) is 12.3. The smallest absolute Gasteiger partial charge is 0.293 e. The molecule has 1 aromatic carbocycles. The lowest BCUT2D eigenvalue weighted by Gasteiger charge is -2.38. The third-order valence-corrected chi connectivity index (χ3v) is 4.03. The molecule has 0 radical (unpaired) electrons. The maximum absolute atomic E-state index is 11.1. The van der Waals surface area contributed by atoms with Crippen LogP contribution in [0, 0.1) is 21.4 Å². The first-order valence-electron chi connectivity index (χ1n) is 7.06. The van der Waals surface area contributed by atoms with E-state index in [1.165, 1.54) is 6.07 Å². The van der Waals surface area contributed by atoms with Crippen LogP contribution in [0.2, 0.25) is 0 Å². The van der Waals surface area contributed by atoms with Crippen LogP contribution in [0.15, 0.2) is 18.2 Å². The number of nitro groups is 1. The van der Waals surface area contributed by atoms with Gasteiger partial charge in [-0.25, -0.2) is 0 Å². The zero-order chi connectivity index (χ0) is 15.5. The van der Waals surface area contributed by atoms with Crippen molar-refractivity contribution in [1.29, 1.82) is 5.26 Å². The summed E-state index contributed by atoms with van der Waals surface area (Å²) in [5, 5.41) is 23.2. The van der Waals surface area contributed by atoms with Gasteiger partial charge in [-0.2, -0.15) is 5.26 Å². The molecule has 1 aliphatic rings. The summed E-state index contributed by atoms with van der Waals surface area (Å²) < 4.78 is 5.78. The Hall–Kier alpha value is -2.13. The van der Waals surface area contributed by atoms with Gasteiger partial charge in [0.2, 0.25) is 0 Å². The lowest BCUT2D eigenvalue weighted by atomic mass is 9.89. The molecule has 112 valence electrons. The molecule has 1 heterocycles. The summed E-state index contributed by atoms with van der Waals surface area (Å²) in [5.74, 6) is 0. The quantitative estimate of drug-likeness (QED) is 0.679. The van der Waals surface area contributed by atoms with Gasteiger partial charge in [-0.3, -0.25) is 10.1 Å². The van der Waals surface area contributed by atoms with E-state index < -0.39 is 4.92 Å². The molecule has 0 aromatic heterocycles. The summed E-state index contributed by atoms with van der Waals surface area (Å²) in [6.07, 6.45) is 2.52. The van der Waals surface area contributed by atoms with Crippen molar-refractivity contribution in [2.45, 2.75) is 44.8 Å². The topological polar surface area (TPSA) is 88.2 Å². The highest BCUT2D eigenvalue weighted by molar-refractivity contribution is 5.64. The maximum atomic E-state index is 11.1. The number of nitrogens with one attached hydrogen (secondary N) is 1. The van der Waals surface area contributed by atoms with Crippen LogP contribution in [0.25, 0.3) is 0 Å². The Morgan fingerprint density at radius 1 is 1.62 bits per heavy atom. The molecule has 0 bridgehead atoms. The monoisotopic (exact) mass is 289 g/mol. The fraction of sp³-hybridized carbons (Fsp3) is 0.533. The van der Waals surface area contributed by atoms with Crippen molar-refractivity contribution in [3.05, 3.63) is 33.9 Å². The molecule has 2 rings (SSSR count). The molecule has 1 aliphatic heterocycles. The fourth-order valence-electron chi connectivity index (χ4n) is 2.59. The Morgan fingerprint density at radius 2 is 2.38 bits per heavy atom. The second-order valence-electron chi connectivity index (χ2n) is 5.59. The predicted molar refractivity (Wildman–Crippen MR) is 79.1 cm³/mol. The molecule has 1 aromatic rings. The van der Waals surface area contributed by atoms with E-state index in [1.807, 2.05) is 6.07 Å². The van der Waals surface area contributed by atoms with Gasteiger partial charge in [0.1, 0.15) is 5.69 Å². The Morgan fingerprint density at radius 3 is 3.00 bits per heavy atom. The van der Waals surface area contributed by atoms with Crippen molar-refractivity contribution in [3.63, 3.8) is 0 Å². The normalized spacial score (nSPS) is 25.1. The molecule has 1 N–H and O–H groups in total. The Balaban J connectivity index is 2.19. The van der Waals surface area contributed by atoms with E-state index in [9.17, 15) is 10.1 Å². The number of hydrogen-bond acceptors (Lipinski definition) is 5. The summed E-state index contributed by atoms with van der Waals surface area (Å²) in [7, 11) is 0. The molecule has 6 heteroatoms. The number of ether oxygens (including phenoxy) is 1. The first-order chi connectivity index (χ1) is 9.97. The summed E-state index contributed by atoms with van der Waals surface area (Å²) >= 11 is 0. The van der Waals surface area contributed by atoms with E-state index in [1.54, 1.807) is 12.1 Å². The fourth-order valence-corrected chi connectivity index (χ4v) is 2.59. The molecule has 2 unspecified atom stereocenters. The van der Waals surface area contributed by atoms with Gasteiger partial charge >= 0.3 is 0 Å². The van der Waals surface area contributed by atoms with E-state index in [-0.39, 0.29) is 22.9 Å². The Kier molecular flexibility index (Phi) is 4.43. The summed E-state index contributed by atoms with van der Waals surface area (Å²) in [6, 6.07) is 6.56. The van der Waals surface area contributed by atoms with Gasteiger partial charge in [0, 0.05) is 18.7 Å². The van der Waals surface area contributed by atoms with Crippen LogP contribution in [0.1, 0.15) is 38.7 Å². The number of rotatable bonds is 4. The minimum absolute atomic E-state index is 0.0567. The molecule has 0 saturated carbocycles. The molecule has 1 fully saturated rings. The van der Waals surface area contributed by atoms with Gasteiger partial charge in [0.05, 0.1) is 22.2 Å². The van der Waals surface area contributed by atoms with Gasteiger partial charge < -0.3 is 10.1 Å². The third-order valence-electron chi connectivity index (χ3n) is 4.03. The van der Waals surface area contributed by atoms with Gasteiger partial charge in [0.25, 0.3) is 5.69 Å². The third kappa shape index (κ3) is 3.50. The van der Waals surface area contributed by atoms with E-state index in [4.69, 9.17) is 10.00 Å². The molecule has 0 aliphatic carbocycles. The molecule has 1 saturated heterocycles. The SMILES string of the molecule is CCC1(C)CC(Nc2ccc(C#N)cc2[N+](=O)[O-])CCO1. The summed E-state index contributed by atoms with van der Waals surface area (Å²) in [4.78, 5) is 10.7. The first-order valence-corrected chi connectivity index (χ1v) is 7.06. The van der Waals surface area contributed by atoms with Gasteiger partial charge in [-0.1, -0.05) is 6.92 Å². The van der Waals surface area contributed by atoms with E-state index >= 15 is 0 Å². The number of hydrogen-bond donors (Lipinski definition) is 1.